The van der Waals surface area contributed by atoms with Gasteiger partial charge in [0, 0.05) is 11.6 Å². The lowest BCUT2D eigenvalue weighted by Gasteiger charge is -2.10. The third-order valence-corrected chi connectivity index (χ3v) is 3.34. The van der Waals surface area contributed by atoms with E-state index in [4.69, 9.17) is 11.6 Å². The molecule has 2 unspecified atom stereocenters. The Hall–Kier alpha value is -0.530. The minimum absolute atomic E-state index is 0.655. The zero-order valence-electron chi connectivity index (χ0n) is 8.68. The third kappa shape index (κ3) is 1.67. The zero-order chi connectivity index (χ0) is 10.1. The average Bonchev–Trinajstić information content (AvgIpc) is 2.44. The first kappa shape index (κ1) is 10.0. The highest BCUT2D eigenvalue weighted by Gasteiger charge is 2.27. The number of rotatable bonds is 2. The van der Waals surface area contributed by atoms with E-state index in [0.29, 0.717) is 11.8 Å². The maximum atomic E-state index is 6.00. The molecule has 1 N–H and O–H groups in total. The first-order valence-electron chi connectivity index (χ1n) is 5.16. The van der Waals surface area contributed by atoms with Gasteiger partial charge in [-0.1, -0.05) is 24.6 Å². The molecule has 1 aliphatic carbocycles. The van der Waals surface area contributed by atoms with Crippen LogP contribution in [0.15, 0.2) is 18.2 Å². The second-order valence-electron chi connectivity index (χ2n) is 4.16. The number of benzene rings is 1. The Balaban J connectivity index is 2.34. The van der Waals surface area contributed by atoms with Crippen molar-refractivity contribution in [3.8, 4) is 0 Å². The van der Waals surface area contributed by atoms with E-state index < -0.39 is 0 Å². The molecule has 0 saturated heterocycles. The van der Waals surface area contributed by atoms with Crippen molar-refractivity contribution in [2.75, 3.05) is 13.6 Å². The van der Waals surface area contributed by atoms with Crippen molar-refractivity contribution in [1.82, 2.24) is 5.32 Å². The molecule has 0 aliphatic heterocycles. The van der Waals surface area contributed by atoms with Crippen LogP contribution in [0, 0.1) is 0 Å². The Morgan fingerprint density at radius 1 is 1.43 bits per heavy atom. The summed E-state index contributed by atoms with van der Waals surface area (Å²) in [7, 11) is 2.01. The van der Waals surface area contributed by atoms with Gasteiger partial charge in [-0.25, -0.2) is 0 Å². The molecule has 1 nitrogen and oxygen atoms in total. The van der Waals surface area contributed by atoms with Crippen molar-refractivity contribution < 1.29 is 0 Å². The number of nitrogens with one attached hydrogen (secondary N) is 1. The van der Waals surface area contributed by atoms with Crippen LogP contribution in [0.5, 0.6) is 0 Å². The summed E-state index contributed by atoms with van der Waals surface area (Å²) < 4.78 is 0. The molecule has 0 heterocycles. The molecule has 14 heavy (non-hydrogen) atoms. The quantitative estimate of drug-likeness (QED) is 0.789. The van der Waals surface area contributed by atoms with Gasteiger partial charge in [0.25, 0.3) is 0 Å². The fourth-order valence-electron chi connectivity index (χ4n) is 2.46. The molecular weight excluding hydrogens is 194 g/mol. The van der Waals surface area contributed by atoms with Crippen LogP contribution in [0.25, 0.3) is 0 Å². The molecule has 0 amide bonds. The fourth-order valence-corrected chi connectivity index (χ4v) is 2.65. The predicted octanol–water partition coefficient (Wildman–Crippen LogP) is 3.15. The van der Waals surface area contributed by atoms with Crippen molar-refractivity contribution >= 4 is 11.6 Å². The standard InChI is InChI=1S/C12H16ClN/c1-8-5-9(7-14-2)11-4-3-10(13)6-12(8)11/h3-4,6,8-9,14H,5,7H2,1-2H3. The smallest absolute Gasteiger partial charge is 0.0409 e. The van der Waals surface area contributed by atoms with Crippen LogP contribution < -0.4 is 5.32 Å². The summed E-state index contributed by atoms with van der Waals surface area (Å²) in [5.41, 5.74) is 2.93. The molecule has 0 saturated carbocycles. The lowest BCUT2D eigenvalue weighted by molar-refractivity contribution is 0.584. The summed E-state index contributed by atoms with van der Waals surface area (Å²) in [5, 5.41) is 4.11. The van der Waals surface area contributed by atoms with Gasteiger partial charge in [-0.3, -0.25) is 0 Å². The summed E-state index contributed by atoms with van der Waals surface area (Å²) >= 11 is 6.00. The second kappa shape index (κ2) is 3.92. The molecule has 1 aromatic carbocycles. The highest BCUT2D eigenvalue weighted by Crippen LogP contribution is 2.41. The van der Waals surface area contributed by atoms with Crippen molar-refractivity contribution in [3.63, 3.8) is 0 Å². The molecule has 2 heteroatoms. The van der Waals surface area contributed by atoms with Gasteiger partial charge in [0.2, 0.25) is 0 Å². The maximum Gasteiger partial charge on any atom is 0.0409 e. The van der Waals surface area contributed by atoms with Gasteiger partial charge >= 0.3 is 0 Å². The van der Waals surface area contributed by atoms with Crippen LogP contribution in [-0.2, 0) is 0 Å². The van der Waals surface area contributed by atoms with E-state index >= 15 is 0 Å². The van der Waals surface area contributed by atoms with Crippen LogP contribution in [0.2, 0.25) is 5.02 Å². The van der Waals surface area contributed by atoms with E-state index in [1.807, 2.05) is 13.1 Å². The van der Waals surface area contributed by atoms with E-state index in [1.165, 1.54) is 17.5 Å². The van der Waals surface area contributed by atoms with Crippen LogP contribution in [-0.4, -0.2) is 13.6 Å². The normalized spacial score (nSPS) is 25.1. The van der Waals surface area contributed by atoms with Crippen LogP contribution >= 0.6 is 11.6 Å². The molecule has 0 radical (unpaired) electrons. The van der Waals surface area contributed by atoms with Crippen molar-refractivity contribution in [2.45, 2.75) is 25.2 Å². The zero-order valence-corrected chi connectivity index (χ0v) is 9.43. The Morgan fingerprint density at radius 3 is 2.93 bits per heavy atom. The molecule has 1 aliphatic rings. The summed E-state index contributed by atoms with van der Waals surface area (Å²) in [6, 6.07) is 6.31. The topological polar surface area (TPSA) is 12.0 Å². The molecular formula is C12H16ClN. The van der Waals surface area contributed by atoms with Gasteiger partial charge in [-0.15, -0.1) is 0 Å². The summed E-state index contributed by atoms with van der Waals surface area (Å²) in [5.74, 6) is 1.32. The molecule has 0 spiro atoms. The molecule has 76 valence electrons. The number of likely N-dealkylation sites (N-methyl/N-ethyl adjacent to an activating group) is 1. The Kier molecular flexibility index (Phi) is 2.80. The molecule has 0 aromatic heterocycles. The predicted molar refractivity (Wildman–Crippen MR) is 61.2 cm³/mol. The maximum absolute atomic E-state index is 6.00. The van der Waals surface area contributed by atoms with Crippen molar-refractivity contribution in [3.05, 3.63) is 34.3 Å². The van der Waals surface area contributed by atoms with E-state index in [-0.39, 0.29) is 0 Å². The van der Waals surface area contributed by atoms with E-state index in [9.17, 15) is 0 Å². The summed E-state index contributed by atoms with van der Waals surface area (Å²) in [6.45, 7) is 3.35. The van der Waals surface area contributed by atoms with Gasteiger partial charge in [0.15, 0.2) is 0 Å². The highest BCUT2D eigenvalue weighted by molar-refractivity contribution is 6.30. The highest BCUT2D eigenvalue weighted by atomic mass is 35.5. The Labute approximate surface area is 90.5 Å². The average molecular weight is 210 g/mol. The van der Waals surface area contributed by atoms with Gasteiger partial charge in [-0.2, -0.15) is 0 Å². The third-order valence-electron chi connectivity index (χ3n) is 3.11. The van der Waals surface area contributed by atoms with Crippen LogP contribution in [0.1, 0.15) is 36.3 Å². The van der Waals surface area contributed by atoms with Crippen molar-refractivity contribution in [1.29, 1.82) is 0 Å². The minimum Gasteiger partial charge on any atom is -0.319 e. The second-order valence-corrected chi connectivity index (χ2v) is 4.60. The van der Waals surface area contributed by atoms with Crippen LogP contribution in [0.3, 0.4) is 0 Å². The molecule has 0 bridgehead atoms. The first-order chi connectivity index (χ1) is 6.72. The molecule has 0 fully saturated rings. The van der Waals surface area contributed by atoms with Gasteiger partial charge in [0.05, 0.1) is 0 Å². The number of halogens is 1. The van der Waals surface area contributed by atoms with Crippen molar-refractivity contribution in [2.24, 2.45) is 0 Å². The lowest BCUT2D eigenvalue weighted by Crippen LogP contribution is -2.15. The lowest BCUT2D eigenvalue weighted by atomic mass is 10.0. The molecule has 2 rings (SSSR count). The van der Waals surface area contributed by atoms with E-state index in [2.05, 4.69) is 24.4 Å². The largest absolute Gasteiger partial charge is 0.319 e. The van der Waals surface area contributed by atoms with Crippen LogP contribution in [0.4, 0.5) is 0 Å². The fraction of sp³-hybridized carbons (Fsp3) is 0.500. The molecule has 2 atom stereocenters. The minimum atomic E-state index is 0.655. The summed E-state index contributed by atoms with van der Waals surface area (Å²) in [4.78, 5) is 0. The Bertz CT molecular complexity index is 335. The number of hydrogen-bond donors (Lipinski definition) is 1. The summed E-state index contributed by atoms with van der Waals surface area (Å²) in [6.07, 6.45) is 1.25. The van der Waals surface area contributed by atoms with Gasteiger partial charge < -0.3 is 5.32 Å². The van der Waals surface area contributed by atoms with Gasteiger partial charge in [0.1, 0.15) is 0 Å². The first-order valence-corrected chi connectivity index (χ1v) is 5.54. The monoisotopic (exact) mass is 209 g/mol. The van der Waals surface area contributed by atoms with E-state index in [0.717, 1.165) is 11.6 Å². The van der Waals surface area contributed by atoms with E-state index in [1.54, 1.807) is 0 Å². The van der Waals surface area contributed by atoms with Gasteiger partial charge in [-0.05, 0) is 48.6 Å². The Morgan fingerprint density at radius 2 is 2.21 bits per heavy atom. The molecule has 1 aromatic rings. The SMILES string of the molecule is CNCC1CC(C)c2cc(Cl)ccc21. The number of hydrogen-bond acceptors (Lipinski definition) is 1. The number of fused-ring (bicyclic) bond motifs is 1.